The number of allylic oxidation sites excluding steroid dienone is 4. The zero-order valence-corrected chi connectivity index (χ0v) is 21.7. The van der Waals surface area contributed by atoms with Crippen LogP contribution in [0.3, 0.4) is 0 Å². The van der Waals surface area contributed by atoms with E-state index in [0.717, 1.165) is 32.1 Å². The minimum Gasteiger partial charge on any atom is -0.373 e. The van der Waals surface area contributed by atoms with Gasteiger partial charge in [-0.3, -0.25) is 4.57 Å². The molecule has 0 rings (SSSR count). The summed E-state index contributed by atoms with van der Waals surface area (Å²) in [6.45, 7) is 2.23. The van der Waals surface area contributed by atoms with Crippen molar-refractivity contribution in [2.24, 2.45) is 0 Å². The fourth-order valence-corrected chi connectivity index (χ4v) is 4.91. The highest BCUT2D eigenvalue weighted by atomic mass is 31.2. The van der Waals surface area contributed by atoms with Crippen LogP contribution >= 0.6 is 7.60 Å². The van der Waals surface area contributed by atoms with Gasteiger partial charge >= 0.3 is 7.60 Å². The van der Waals surface area contributed by atoms with Crippen molar-refractivity contribution in [1.29, 1.82) is 0 Å². The van der Waals surface area contributed by atoms with Crippen LogP contribution in [0, 0.1) is 0 Å². The average Bonchev–Trinajstić information content (AvgIpc) is 2.65. The van der Waals surface area contributed by atoms with Crippen molar-refractivity contribution in [3.05, 3.63) is 24.3 Å². The Labute approximate surface area is 192 Å². The molecule has 31 heavy (non-hydrogen) atoms. The van der Waals surface area contributed by atoms with Gasteiger partial charge in [0.05, 0.1) is 21.1 Å². The first-order valence-electron chi connectivity index (χ1n) is 12.4. The lowest BCUT2D eigenvalue weighted by molar-refractivity contribution is -0.875. The second-order valence-electron chi connectivity index (χ2n) is 9.98. The average molecular weight is 461 g/mol. The van der Waals surface area contributed by atoms with Gasteiger partial charge in [0.2, 0.25) is 5.34 Å². The maximum Gasteiger partial charge on any atom is 0.362 e. The highest BCUT2D eigenvalue weighted by molar-refractivity contribution is 7.53. The Morgan fingerprint density at radius 3 is 1.48 bits per heavy atom. The van der Waals surface area contributed by atoms with Crippen molar-refractivity contribution < 1.29 is 23.9 Å². The van der Waals surface area contributed by atoms with Crippen LogP contribution in [0.1, 0.15) is 103 Å². The molecule has 0 radical (unpaired) electrons. The quantitative estimate of drug-likeness (QED) is 0.0834. The molecule has 0 spiro atoms. The van der Waals surface area contributed by atoms with Crippen molar-refractivity contribution in [3.63, 3.8) is 0 Å². The number of unbranched alkanes of at least 4 members (excludes halogenated alkanes) is 11. The SMILES string of the molecule is CC/C=C\CCCCCC/C=C\CCCCCCCCC(O)(C[N+](C)(C)C)P(=O)(O)O. The molecule has 184 valence electrons. The van der Waals surface area contributed by atoms with E-state index in [1.165, 1.54) is 51.4 Å². The van der Waals surface area contributed by atoms with E-state index in [1.54, 1.807) is 0 Å². The molecule has 0 aromatic heterocycles. The molecule has 0 bridgehead atoms. The molecule has 0 aliphatic carbocycles. The van der Waals surface area contributed by atoms with Gasteiger partial charge in [0.15, 0.2) is 0 Å². The Balaban J connectivity index is 3.67. The number of quaternary nitrogens is 1. The van der Waals surface area contributed by atoms with E-state index >= 15 is 0 Å². The van der Waals surface area contributed by atoms with Crippen molar-refractivity contribution >= 4 is 7.60 Å². The summed E-state index contributed by atoms with van der Waals surface area (Å²) in [5, 5.41) is 8.61. The summed E-state index contributed by atoms with van der Waals surface area (Å²) in [6, 6.07) is 0. The van der Waals surface area contributed by atoms with Crippen LogP contribution in [-0.4, -0.2) is 52.4 Å². The lowest BCUT2D eigenvalue weighted by Gasteiger charge is -2.35. The van der Waals surface area contributed by atoms with Gasteiger partial charge in [-0.25, -0.2) is 0 Å². The predicted molar refractivity (Wildman–Crippen MR) is 133 cm³/mol. The first-order valence-corrected chi connectivity index (χ1v) is 14.0. The normalized spacial score (nSPS) is 15.2. The van der Waals surface area contributed by atoms with Crippen molar-refractivity contribution in [1.82, 2.24) is 0 Å². The molecule has 0 heterocycles. The van der Waals surface area contributed by atoms with E-state index < -0.39 is 12.9 Å². The summed E-state index contributed by atoms with van der Waals surface area (Å²) >= 11 is 0. The topological polar surface area (TPSA) is 77.8 Å². The molecule has 5 nitrogen and oxygen atoms in total. The summed E-state index contributed by atoms with van der Waals surface area (Å²) in [4.78, 5) is 19.2. The molecular weight excluding hydrogens is 409 g/mol. The molecule has 0 fully saturated rings. The monoisotopic (exact) mass is 460 g/mol. The van der Waals surface area contributed by atoms with Crippen LogP contribution in [0.25, 0.3) is 0 Å². The van der Waals surface area contributed by atoms with Crippen LogP contribution in [-0.2, 0) is 4.57 Å². The largest absolute Gasteiger partial charge is 0.373 e. The Kier molecular flexibility index (Phi) is 16.8. The first kappa shape index (κ1) is 30.6. The third kappa shape index (κ3) is 17.7. The van der Waals surface area contributed by atoms with Gasteiger partial charge in [0, 0.05) is 0 Å². The van der Waals surface area contributed by atoms with Crippen LogP contribution in [0.2, 0.25) is 0 Å². The third-order valence-corrected chi connectivity index (χ3v) is 6.98. The molecule has 0 aliphatic rings. The predicted octanol–water partition coefficient (Wildman–Crippen LogP) is 6.54. The Bertz CT molecular complexity index is 536. The van der Waals surface area contributed by atoms with E-state index in [0.29, 0.717) is 10.9 Å². The van der Waals surface area contributed by atoms with Gasteiger partial charge in [-0.05, 0) is 57.8 Å². The summed E-state index contributed by atoms with van der Waals surface area (Å²) in [5.41, 5.74) is 0. The molecule has 6 heteroatoms. The summed E-state index contributed by atoms with van der Waals surface area (Å²) in [7, 11) is 0.960. The Morgan fingerprint density at radius 2 is 1.10 bits per heavy atom. The van der Waals surface area contributed by atoms with Crippen LogP contribution < -0.4 is 0 Å². The molecule has 0 aromatic rings. The lowest BCUT2D eigenvalue weighted by Crippen LogP contribution is -2.49. The first-order chi connectivity index (χ1) is 14.5. The number of likely N-dealkylation sites (N-methyl/N-ethyl adjacent to an activating group) is 1. The molecular formula is C25H51NO4P+. The van der Waals surface area contributed by atoms with Gasteiger partial charge in [0.1, 0.15) is 6.54 Å². The second kappa shape index (κ2) is 17.1. The molecule has 1 atom stereocenters. The van der Waals surface area contributed by atoms with Crippen LogP contribution in [0.4, 0.5) is 0 Å². The molecule has 0 aromatic carbocycles. The van der Waals surface area contributed by atoms with Crippen molar-refractivity contribution in [2.45, 2.75) is 109 Å². The van der Waals surface area contributed by atoms with E-state index in [2.05, 4.69) is 31.2 Å². The highest BCUT2D eigenvalue weighted by Gasteiger charge is 2.48. The van der Waals surface area contributed by atoms with Crippen LogP contribution in [0.15, 0.2) is 24.3 Å². The van der Waals surface area contributed by atoms with Gasteiger partial charge in [-0.1, -0.05) is 69.8 Å². The van der Waals surface area contributed by atoms with Crippen molar-refractivity contribution in [2.75, 3.05) is 27.7 Å². The van der Waals surface area contributed by atoms with E-state index in [4.69, 9.17) is 0 Å². The van der Waals surface area contributed by atoms with Gasteiger partial charge in [-0.2, -0.15) is 0 Å². The molecule has 1 unspecified atom stereocenters. The van der Waals surface area contributed by atoms with E-state index in [-0.39, 0.29) is 13.0 Å². The summed E-state index contributed by atoms with van der Waals surface area (Å²) < 4.78 is 12.1. The molecule has 0 saturated heterocycles. The van der Waals surface area contributed by atoms with Gasteiger partial charge in [0.25, 0.3) is 0 Å². The smallest absolute Gasteiger partial charge is 0.362 e. The fraction of sp³-hybridized carbons (Fsp3) is 0.840. The third-order valence-electron chi connectivity index (χ3n) is 5.53. The lowest BCUT2D eigenvalue weighted by atomic mass is 10.0. The number of nitrogens with zero attached hydrogens (tertiary/aromatic N) is 1. The highest BCUT2D eigenvalue weighted by Crippen LogP contribution is 2.52. The number of aliphatic hydroxyl groups is 1. The maximum atomic E-state index is 11.8. The number of hydrogen-bond donors (Lipinski definition) is 3. The minimum atomic E-state index is -4.55. The summed E-state index contributed by atoms with van der Waals surface area (Å²) in [6.07, 6.45) is 25.5. The van der Waals surface area contributed by atoms with E-state index in [1.807, 2.05) is 21.1 Å². The van der Waals surface area contributed by atoms with Crippen LogP contribution in [0.5, 0.6) is 0 Å². The molecule has 0 amide bonds. The van der Waals surface area contributed by atoms with Crippen molar-refractivity contribution in [3.8, 4) is 0 Å². The zero-order valence-electron chi connectivity index (χ0n) is 20.8. The standard InChI is InChI=1S/C25H50NO4P/c1-5-6-7-8-9-10-11-12-13-14-15-16-17-18-19-20-21-22-23-25(27,31(28,29)30)24-26(2,3)4/h6-7,14-15,27H,5,8-13,16-24H2,1-4H3,(H-,28,29,30)/p+1/b7-6-,15-14-. The number of hydrogen-bond acceptors (Lipinski definition) is 2. The number of rotatable bonds is 20. The summed E-state index contributed by atoms with van der Waals surface area (Å²) in [5.74, 6) is 0. The van der Waals surface area contributed by atoms with E-state index in [9.17, 15) is 19.5 Å². The second-order valence-corrected chi connectivity index (χ2v) is 11.9. The zero-order chi connectivity index (χ0) is 23.6. The Hall–Kier alpha value is -0.450. The molecule has 0 aliphatic heterocycles. The fourth-order valence-electron chi connectivity index (χ4n) is 3.85. The molecule has 0 saturated carbocycles. The van der Waals surface area contributed by atoms with Gasteiger partial charge < -0.3 is 19.4 Å². The maximum absolute atomic E-state index is 11.8. The minimum absolute atomic E-state index is 0.0555. The molecule has 3 N–H and O–H groups in total. The Morgan fingerprint density at radius 1 is 0.710 bits per heavy atom. The van der Waals surface area contributed by atoms with Gasteiger partial charge in [-0.15, -0.1) is 0 Å².